The predicted octanol–water partition coefficient (Wildman–Crippen LogP) is 3.74. The molecule has 0 radical (unpaired) electrons. The van der Waals surface area contributed by atoms with Crippen molar-refractivity contribution >= 4 is 0 Å². The van der Waals surface area contributed by atoms with Gasteiger partial charge in [-0.2, -0.15) is 0 Å². The Morgan fingerprint density at radius 2 is 1.62 bits per heavy atom. The van der Waals surface area contributed by atoms with Crippen LogP contribution in [-0.2, 0) is 17.9 Å². The van der Waals surface area contributed by atoms with Gasteiger partial charge in [-0.3, -0.25) is 0 Å². The van der Waals surface area contributed by atoms with Crippen molar-refractivity contribution in [3.8, 4) is 5.75 Å². The molecule has 21 heavy (non-hydrogen) atoms. The molecule has 0 saturated heterocycles. The molecule has 2 aromatic carbocycles. The minimum atomic E-state index is 0.262. The third kappa shape index (κ3) is 5.98. The van der Waals surface area contributed by atoms with Crippen molar-refractivity contribution in [1.82, 2.24) is 5.32 Å². The topological polar surface area (TPSA) is 30.5 Å². The molecule has 3 nitrogen and oxygen atoms in total. The van der Waals surface area contributed by atoms with Gasteiger partial charge in [-0.05, 0) is 23.3 Å². The van der Waals surface area contributed by atoms with Crippen LogP contribution < -0.4 is 10.1 Å². The number of benzene rings is 2. The van der Waals surface area contributed by atoms with Crippen LogP contribution in [0.5, 0.6) is 5.75 Å². The van der Waals surface area contributed by atoms with Crippen LogP contribution in [0.4, 0.5) is 0 Å². The van der Waals surface area contributed by atoms with E-state index in [1.54, 1.807) is 0 Å². The highest BCUT2D eigenvalue weighted by atomic mass is 16.7. The maximum atomic E-state index is 5.57. The van der Waals surface area contributed by atoms with Gasteiger partial charge in [-0.1, -0.05) is 56.3 Å². The normalized spacial score (nSPS) is 10.8. The molecule has 1 N–H and O–H groups in total. The van der Waals surface area contributed by atoms with Crippen molar-refractivity contribution in [3.05, 3.63) is 65.7 Å². The fourth-order valence-electron chi connectivity index (χ4n) is 1.87. The van der Waals surface area contributed by atoms with E-state index in [9.17, 15) is 0 Å². The summed E-state index contributed by atoms with van der Waals surface area (Å²) in [7, 11) is 0. The fraction of sp³-hybridized carbons (Fsp3) is 0.333. The molecule has 0 spiro atoms. The zero-order valence-electron chi connectivity index (χ0n) is 12.7. The lowest BCUT2D eigenvalue weighted by Gasteiger charge is -2.10. The van der Waals surface area contributed by atoms with Gasteiger partial charge in [-0.25, -0.2) is 0 Å². The van der Waals surface area contributed by atoms with Crippen molar-refractivity contribution in [2.24, 2.45) is 0 Å². The molecular formula is C18H23NO2. The minimum absolute atomic E-state index is 0.262. The lowest BCUT2D eigenvalue weighted by Crippen LogP contribution is -2.21. The Kier molecular flexibility index (Phi) is 6.25. The van der Waals surface area contributed by atoms with Crippen molar-refractivity contribution in [2.45, 2.75) is 33.0 Å². The Morgan fingerprint density at radius 1 is 0.905 bits per heavy atom. The first-order valence-electron chi connectivity index (χ1n) is 7.31. The molecule has 0 heterocycles. The van der Waals surface area contributed by atoms with Gasteiger partial charge in [0.15, 0.2) is 6.79 Å². The number of rotatable bonds is 8. The molecule has 2 aromatic rings. The second-order valence-electron chi connectivity index (χ2n) is 5.28. The van der Waals surface area contributed by atoms with Crippen LogP contribution in [0.25, 0.3) is 0 Å². The molecule has 0 aliphatic carbocycles. The smallest absolute Gasteiger partial charge is 0.189 e. The molecule has 2 rings (SSSR count). The van der Waals surface area contributed by atoms with Gasteiger partial charge >= 0.3 is 0 Å². The van der Waals surface area contributed by atoms with Crippen LogP contribution in [-0.4, -0.2) is 12.8 Å². The van der Waals surface area contributed by atoms with E-state index >= 15 is 0 Å². The van der Waals surface area contributed by atoms with Gasteiger partial charge in [0.25, 0.3) is 0 Å². The van der Waals surface area contributed by atoms with Crippen LogP contribution in [0.2, 0.25) is 0 Å². The Balaban J connectivity index is 1.69. The Morgan fingerprint density at radius 3 is 2.29 bits per heavy atom. The second-order valence-corrected chi connectivity index (χ2v) is 5.28. The van der Waals surface area contributed by atoms with E-state index in [1.165, 1.54) is 5.56 Å². The van der Waals surface area contributed by atoms with Gasteiger partial charge in [0.05, 0.1) is 6.61 Å². The van der Waals surface area contributed by atoms with Gasteiger partial charge in [0.2, 0.25) is 0 Å². The molecule has 0 fully saturated rings. The van der Waals surface area contributed by atoms with E-state index in [0.29, 0.717) is 12.6 Å². The summed E-state index contributed by atoms with van der Waals surface area (Å²) in [6.45, 7) is 5.99. The molecule has 3 heteroatoms. The lowest BCUT2D eigenvalue weighted by molar-refractivity contribution is 0.00504. The first kappa shape index (κ1) is 15.5. The van der Waals surface area contributed by atoms with Crippen LogP contribution in [0.15, 0.2) is 54.6 Å². The van der Waals surface area contributed by atoms with E-state index in [0.717, 1.165) is 17.9 Å². The molecule has 0 bridgehead atoms. The maximum absolute atomic E-state index is 5.57. The van der Waals surface area contributed by atoms with E-state index < -0.39 is 0 Å². The highest BCUT2D eigenvalue weighted by Crippen LogP contribution is 2.12. The van der Waals surface area contributed by atoms with Gasteiger partial charge < -0.3 is 14.8 Å². The average molecular weight is 285 g/mol. The standard InChI is InChI=1S/C18H23NO2/c1-15(2)19-12-16-8-10-18(11-9-16)21-14-20-13-17-6-4-3-5-7-17/h3-11,15,19H,12-14H2,1-2H3. The zero-order chi connectivity index (χ0) is 14.9. The highest BCUT2D eigenvalue weighted by Gasteiger charge is 1.98. The van der Waals surface area contributed by atoms with E-state index in [1.807, 2.05) is 42.5 Å². The Bertz CT molecular complexity index is 509. The Labute approximate surface area is 126 Å². The summed E-state index contributed by atoms with van der Waals surface area (Å²) >= 11 is 0. The molecule has 0 aliphatic heterocycles. The number of hydrogen-bond acceptors (Lipinski definition) is 3. The number of ether oxygens (including phenoxy) is 2. The molecule has 0 atom stereocenters. The SMILES string of the molecule is CC(C)NCc1ccc(OCOCc2ccccc2)cc1. The van der Waals surface area contributed by atoms with E-state index in [4.69, 9.17) is 9.47 Å². The van der Waals surface area contributed by atoms with E-state index in [-0.39, 0.29) is 6.79 Å². The molecule has 0 saturated carbocycles. The first-order chi connectivity index (χ1) is 10.2. The van der Waals surface area contributed by atoms with Gasteiger partial charge in [-0.15, -0.1) is 0 Å². The van der Waals surface area contributed by atoms with Gasteiger partial charge in [0, 0.05) is 12.6 Å². The third-order valence-electron chi connectivity index (χ3n) is 3.06. The maximum Gasteiger partial charge on any atom is 0.189 e. The summed E-state index contributed by atoms with van der Waals surface area (Å²) in [5.74, 6) is 0.830. The summed E-state index contributed by atoms with van der Waals surface area (Å²) in [6, 6.07) is 18.7. The number of hydrogen-bond donors (Lipinski definition) is 1. The van der Waals surface area contributed by atoms with Crippen LogP contribution in [0, 0.1) is 0 Å². The van der Waals surface area contributed by atoms with Crippen LogP contribution in [0.1, 0.15) is 25.0 Å². The van der Waals surface area contributed by atoms with Gasteiger partial charge in [0.1, 0.15) is 5.75 Å². The van der Waals surface area contributed by atoms with Crippen molar-refractivity contribution < 1.29 is 9.47 Å². The fourth-order valence-corrected chi connectivity index (χ4v) is 1.87. The quantitative estimate of drug-likeness (QED) is 0.592. The zero-order valence-corrected chi connectivity index (χ0v) is 12.7. The minimum Gasteiger partial charge on any atom is -0.468 e. The summed E-state index contributed by atoms with van der Waals surface area (Å²) < 4.78 is 11.1. The number of nitrogens with one attached hydrogen (secondary N) is 1. The van der Waals surface area contributed by atoms with Crippen molar-refractivity contribution in [2.75, 3.05) is 6.79 Å². The molecule has 0 unspecified atom stereocenters. The summed E-state index contributed by atoms with van der Waals surface area (Å²) in [4.78, 5) is 0. The summed E-state index contributed by atoms with van der Waals surface area (Å²) in [5, 5.41) is 3.39. The van der Waals surface area contributed by atoms with E-state index in [2.05, 4.69) is 31.3 Å². The highest BCUT2D eigenvalue weighted by molar-refractivity contribution is 5.27. The van der Waals surface area contributed by atoms with Crippen molar-refractivity contribution in [1.29, 1.82) is 0 Å². The largest absolute Gasteiger partial charge is 0.468 e. The van der Waals surface area contributed by atoms with Crippen molar-refractivity contribution in [3.63, 3.8) is 0 Å². The summed E-state index contributed by atoms with van der Waals surface area (Å²) in [6.07, 6.45) is 0. The molecule has 0 aromatic heterocycles. The summed E-state index contributed by atoms with van der Waals surface area (Å²) in [5.41, 5.74) is 2.40. The first-order valence-corrected chi connectivity index (χ1v) is 7.31. The van der Waals surface area contributed by atoms with Crippen LogP contribution >= 0.6 is 0 Å². The Hall–Kier alpha value is -1.84. The molecular weight excluding hydrogens is 262 g/mol. The monoisotopic (exact) mass is 285 g/mol. The third-order valence-corrected chi connectivity index (χ3v) is 3.06. The van der Waals surface area contributed by atoms with Crippen LogP contribution in [0.3, 0.4) is 0 Å². The molecule has 0 amide bonds. The predicted molar refractivity (Wildman–Crippen MR) is 85.1 cm³/mol. The molecule has 0 aliphatic rings. The second kappa shape index (κ2) is 8.45. The average Bonchev–Trinajstić information content (AvgIpc) is 2.52. The molecule has 112 valence electrons. The lowest BCUT2D eigenvalue weighted by atomic mass is 10.2.